The highest BCUT2D eigenvalue weighted by Crippen LogP contribution is 2.40. The smallest absolute Gasteiger partial charge is 0.131 e. The summed E-state index contributed by atoms with van der Waals surface area (Å²) in [7, 11) is 1.95. The number of hydrogen-bond donors (Lipinski definition) is 2. The minimum atomic E-state index is -0.709. The second-order valence-corrected chi connectivity index (χ2v) is 3.90. The number of aliphatic hydroxyl groups excluding tert-OH is 2. The van der Waals surface area contributed by atoms with E-state index in [0.717, 1.165) is 0 Å². The van der Waals surface area contributed by atoms with E-state index < -0.39 is 11.7 Å². The van der Waals surface area contributed by atoms with E-state index in [2.05, 4.69) is 4.90 Å². The number of rotatable bonds is 1. The normalized spacial score (nSPS) is 53.5. The van der Waals surface area contributed by atoms with Gasteiger partial charge in [-0.3, -0.25) is 4.90 Å². The Morgan fingerprint density at radius 3 is 2.67 bits per heavy atom. The minimum absolute atomic E-state index is 0.0194. The van der Waals surface area contributed by atoms with E-state index >= 15 is 0 Å². The number of morpholine rings is 1. The fourth-order valence-electron chi connectivity index (χ4n) is 2.52. The van der Waals surface area contributed by atoms with Crippen LogP contribution < -0.4 is 0 Å². The summed E-state index contributed by atoms with van der Waals surface area (Å²) in [6.45, 7) is 2.46. The van der Waals surface area contributed by atoms with Crippen LogP contribution in [-0.2, 0) is 4.74 Å². The molecule has 2 bridgehead atoms. The summed E-state index contributed by atoms with van der Waals surface area (Å²) < 4.78 is 5.54. The van der Waals surface area contributed by atoms with Gasteiger partial charge < -0.3 is 14.9 Å². The predicted octanol–water partition coefficient (Wildman–Crippen LogP) is -1.19. The standard InChI is InChI=1S/C8H15NO3/c1-5-6-7(11)8(4-10,12-5)3-9(6)2/h5-7,10-11H,3-4H2,1-2H3/t5-,6?,7+,8+/m0/s1. The van der Waals surface area contributed by atoms with Gasteiger partial charge in [0.2, 0.25) is 0 Å². The van der Waals surface area contributed by atoms with E-state index in [0.29, 0.717) is 6.54 Å². The van der Waals surface area contributed by atoms with Crippen molar-refractivity contribution in [3.05, 3.63) is 0 Å². The lowest BCUT2D eigenvalue weighted by atomic mass is 10.0. The molecule has 2 N–H and O–H groups in total. The van der Waals surface area contributed by atoms with Crippen LogP contribution in [0, 0.1) is 0 Å². The molecule has 0 saturated carbocycles. The van der Waals surface area contributed by atoms with Gasteiger partial charge >= 0.3 is 0 Å². The Morgan fingerprint density at radius 2 is 2.33 bits per heavy atom. The SMILES string of the molecule is C[C@@H]1O[C@@]2(CO)CN(C)C1[C@H]2O. The monoisotopic (exact) mass is 173 g/mol. The number of likely N-dealkylation sites (tertiary alicyclic amines) is 1. The van der Waals surface area contributed by atoms with E-state index in [4.69, 9.17) is 9.84 Å². The summed E-state index contributed by atoms with van der Waals surface area (Å²) in [4.78, 5) is 2.05. The Kier molecular flexibility index (Phi) is 1.70. The molecule has 2 aliphatic heterocycles. The van der Waals surface area contributed by atoms with Crippen LogP contribution in [0.5, 0.6) is 0 Å². The van der Waals surface area contributed by atoms with Gasteiger partial charge in [-0.15, -0.1) is 0 Å². The maximum absolute atomic E-state index is 9.79. The molecule has 70 valence electrons. The molecule has 0 spiro atoms. The average Bonchev–Trinajstić information content (AvgIpc) is 2.37. The maximum atomic E-state index is 9.79. The molecule has 0 aromatic rings. The molecule has 4 heteroatoms. The first-order valence-corrected chi connectivity index (χ1v) is 4.28. The van der Waals surface area contributed by atoms with Gasteiger partial charge in [0, 0.05) is 6.54 Å². The summed E-state index contributed by atoms with van der Waals surface area (Å²) in [5, 5.41) is 18.9. The molecule has 2 heterocycles. The second-order valence-electron chi connectivity index (χ2n) is 3.90. The van der Waals surface area contributed by atoms with E-state index in [1.54, 1.807) is 0 Å². The Hall–Kier alpha value is -0.160. The van der Waals surface area contributed by atoms with Crippen LogP contribution in [0.1, 0.15) is 6.92 Å². The maximum Gasteiger partial charge on any atom is 0.131 e. The zero-order valence-corrected chi connectivity index (χ0v) is 7.40. The largest absolute Gasteiger partial charge is 0.393 e. The predicted molar refractivity (Wildman–Crippen MR) is 42.8 cm³/mol. The van der Waals surface area contributed by atoms with Gasteiger partial charge in [0.1, 0.15) is 11.7 Å². The fraction of sp³-hybridized carbons (Fsp3) is 1.00. The summed E-state index contributed by atoms with van der Waals surface area (Å²) in [5.41, 5.74) is -0.709. The molecule has 0 aromatic heterocycles. The van der Waals surface area contributed by atoms with E-state index in [9.17, 15) is 5.11 Å². The van der Waals surface area contributed by atoms with E-state index in [1.807, 2.05) is 14.0 Å². The summed E-state index contributed by atoms with van der Waals surface area (Å²) in [6, 6.07) is 0.0529. The third kappa shape index (κ3) is 0.808. The van der Waals surface area contributed by atoms with Gasteiger partial charge in [-0.2, -0.15) is 0 Å². The van der Waals surface area contributed by atoms with Crippen molar-refractivity contribution in [3.63, 3.8) is 0 Å². The van der Waals surface area contributed by atoms with Crippen LogP contribution in [0.3, 0.4) is 0 Å². The molecule has 4 nitrogen and oxygen atoms in total. The van der Waals surface area contributed by atoms with Gasteiger partial charge in [0.05, 0.1) is 18.8 Å². The van der Waals surface area contributed by atoms with Crippen molar-refractivity contribution < 1.29 is 14.9 Å². The fourth-order valence-corrected chi connectivity index (χ4v) is 2.52. The molecule has 1 unspecified atom stereocenters. The molecule has 2 rings (SSSR count). The van der Waals surface area contributed by atoms with Crippen molar-refractivity contribution in [1.82, 2.24) is 4.90 Å². The number of ether oxygens (including phenoxy) is 1. The lowest BCUT2D eigenvalue weighted by Crippen LogP contribution is -2.47. The second kappa shape index (κ2) is 2.42. The molecular formula is C8H15NO3. The Bertz CT molecular complexity index is 185. The topological polar surface area (TPSA) is 52.9 Å². The van der Waals surface area contributed by atoms with E-state index in [1.165, 1.54) is 0 Å². The highest BCUT2D eigenvalue weighted by molar-refractivity contribution is 5.12. The molecule has 0 aromatic carbocycles. The quantitative estimate of drug-likeness (QED) is 0.523. The Balaban J connectivity index is 2.28. The lowest BCUT2D eigenvalue weighted by molar-refractivity contribution is -0.121. The molecule has 0 aliphatic carbocycles. The molecule has 2 fully saturated rings. The van der Waals surface area contributed by atoms with Crippen molar-refractivity contribution in [1.29, 1.82) is 0 Å². The molecule has 0 radical (unpaired) electrons. The van der Waals surface area contributed by atoms with E-state index in [-0.39, 0.29) is 18.8 Å². The Morgan fingerprint density at radius 1 is 1.67 bits per heavy atom. The summed E-state index contributed by atoms with van der Waals surface area (Å²) in [5.74, 6) is 0. The van der Waals surface area contributed by atoms with Crippen LogP contribution >= 0.6 is 0 Å². The van der Waals surface area contributed by atoms with Crippen LogP contribution in [-0.4, -0.2) is 59.2 Å². The van der Waals surface area contributed by atoms with Crippen molar-refractivity contribution in [2.24, 2.45) is 0 Å². The third-order valence-electron chi connectivity index (χ3n) is 3.06. The average molecular weight is 173 g/mol. The van der Waals surface area contributed by atoms with Crippen LogP contribution in [0.15, 0.2) is 0 Å². The van der Waals surface area contributed by atoms with Gasteiger partial charge in [-0.25, -0.2) is 0 Å². The minimum Gasteiger partial charge on any atom is -0.393 e. The zero-order chi connectivity index (χ0) is 8.93. The first kappa shape index (κ1) is 8.44. The van der Waals surface area contributed by atoms with Gasteiger partial charge in [0.15, 0.2) is 0 Å². The molecular weight excluding hydrogens is 158 g/mol. The highest BCUT2D eigenvalue weighted by atomic mass is 16.6. The number of fused-ring (bicyclic) bond motifs is 2. The van der Waals surface area contributed by atoms with Crippen LogP contribution in [0.2, 0.25) is 0 Å². The lowest BCUT2D eigenvalue weighted by Gasteiger charge is -2.32. The first-order valence-electron chi connectivity index (χ1n) is 4.28. The molecule has 0 amide bonds. The first-order chi connectivity index (χ1) is 5.60. The number of aliphatic hydroxyl groups is 2. The Labute approximate surface area is 71.7 Å². The highest BCUT2D eigenvalue weighted by Gasteiger charge is 2.60. The van der Waals surface area contributed by atoms with Crippen LogP contribution in [0.25, 0.3) is 0 Å². The van der Waals surface area contributed by atoms with Gasteiger partial charge in [0.25, 0.3) is 0 Å². The molecule has 2 aliphatic rings. The number of hydrogen-bond acceptors (Lipinski definition) is 4. The number of nitrogens with zero attached hydrogens (tertiary/aromatic N) is 1. The van der Waals surface area contributed by atoms with Crippen molar-refractivity contribution >= 4 is 0 Å². The molecule has 12 heavy (non-hydrogen) atoms. The molecule has 2 saturated heterocycles. The third-order valence-corrected chi connectivity index (χ3v) is 3.06. The van der Waals surface area contributed by atoms with Gasteiger partial charge in [-0.1, -0.05) is 0 Å². The van der Waals surface area contributed by atoms with Crippen molar-refractivity contribution in [2.45, 2.75) is 30.8 Å². The zero-order valence-electron chi connectivity index (χ0n) is 7.40. The van der Waals surface area contributed by atoms with Crippen molar-refractivity contribution in [2.75, 3.05) is 20.2 Å². The molecule has 4 atom stereocenters. The summed E-state index contributed by atoms with van der Waals surface area (Å²) in [6.07, 6.45) is -0.520. The van der Waals surface area contributed by atoms with Crippen LogP contribution in [0.4, 0.5) is 0 Å². The van der Waals surface area contributed by atoms with Gasteiger partial charge in [-0.05, 0) is 14.0 Å². The van der Waals surface area contributed by atoms with Crippen molar-refractivity contribution in [3.8, 4) is 0 Å². The number of likely N-dealkylation sites (N-methyl/N-ethyl adjacent to an activating group) is 1. The summed E-state index contributed by atoms with van der Waals surface area (Å²) >= 11 is 0.